The molecular weight excluding hydrogens is 448 g/mol. The van der Waals surface area contributed by atoms with Crippen LogP contribution in [0, 0.1) is 17.6 Å². The SMILES string of the molecule is CC(=O)NC(Cc1cc(F)cc(F)c1)C(O)CNCc1cc(CC(C)C)ccc1-c1cccnc1. The Balaban J connectivity index is 1.73. The van der Waals surface area contributed by atoms with Gasteiger partial charge in [0.15, 0.2) is 0 Å². The molecule has 0 saturated heterocycles. The highest BCUT2D eigenvalue weighted by atomic mass is 19.1. The third-order valence-corrected chi connectivity index (χ3v) is 5.69. The van der Waals surface area contributed by atoms with Crippen LogP contribution in [0.15, 0.2) is 60.9 Å². The van der Waals surface area contributed by atoms with Crippen LogP contribution in [-0.2, 0) is 24.2 Å². The molecule has 0 aliphatic heterocycles. The molecule has 0 bridgehead atoms. The van der Waals surface area contributed by atoms with Crippen molar-refractivity contribution < 1.29 is 18.7 Å². The Bertz CT molecular complexity index is 1100. The zero-order chi connectivity index (χ0) is 25.4. The molecule has 0 saturated carbocycles. The number of aromatic nitrogens is 1. The van der Waals surface area contributed by atoms with Crippen molar-refractivity contribution in [3.63, 3.8) is 0 Å². The lowest BCUT2D eigenvalue weighted by Crippen LogP contribution is -2.48. The summed E-state index contributed by atoms with van der Waals surface area (Å²) >= 11 is 0. The van der Waals surface area contributed by atoms with Crippen LogP contribution in [0.25, 0.3) is 11.1 Å². The molecule has 186 valence electrons. The van der Waals surface area contributed by atoms with Crippen molar-refractivity contribution in [1.82, 2.24) is 15.6 Å². The Morgan fingerprint density at radius 2 is 1.77 bits per heavy atom. The van der Waals surface area contributed by atoms with Gasteiger partial charge in [0, 0.05) is 44.0 Å². The van der Waals surface area contributed by atoms with E-state index in [0.717, 1.165) is 29.2 Å². The molecule has 0 spiro atoms. The standard InChI is InChI=1S/C28H33F2N3O2/c1-18(2)9-20-6-7-26(22-5-4-8-31-15-22)23(10-20)16-32-17-28(35)27(33-19(3)34)13-21-11-24(29)14-25(30)12-21/h4-8,10-12,14-15,18,27-28,32,35H,9,13,16-17H2,1-3H3,(H,33,34). The molecule has 35 heavy (non-hydrogen) atoms. The second kappa shape index (κ2) is 12.5. The van der Waals surface area contributed by atoms with Gasteiger partial charge in [-0.15, -0.1) is 0 Å². The average molecular weight is 482 g/mol. The Kier molecular flexibility index (Phi) is 9.46. The lowest BCUT2D eigenvalue weighted by atomic mass is 9.95. The Morgan fingerprint density at radius 1 is 1.03 bits per heavy atom. The van der Waals surface area contributed by atoms with E-state index in [4.69, 9.17) is 0 Å². The van der Waals surface area contributed by atoms with Crippen LogP contribution in [-0.4, -0.2) is 34.7 Å². The van der Waals surface area contributed by atoms with Gasteiger partial charge in [-0.3, -0.25) is 9.78 Å². The number of hydrogen-bond acceptors (Lipinski definition) is 4. The summed E-state index contributed by atoms with van der Waals surface area (Å²) in [5.41, 5.74) is 4.73. The van der Waals surface area contributed by atoms with Crippen molar-refractivity contribution in [2.45, 2.75) is 52.3 Å². The minimum absolute atomic E-state index is 0.0991. The van der Waals surface area contributed by atoms with E-state index in [-0.39, 0.29) is 18.9 Å². The molecule has 3 N–H and O–H groups in total. The molecular formula is C28H33F2N3O2. The number of nitrogens with one attached hydrogen (secondary N) is 2. The number of rotatable bonds is 11. The van der Waals surface area contributed by atoms with Crippen LogP contribution in [0.1, 0.15) is 37.5 Å². The van der Waals surface area contributed by atoms with E-state index in [2.05, 4.69) is 47.7 Å². The van der Waals surface area contributed by atoms with Crippen molar-refractivity contribution in [3.05, 3.63) is 89.2 Å². The van der Waals surface area contributed by atoms with Crippen LogP contribution in [0.3, 0.4) is 0 Å². The molecule has 1 amide bonds. The lowest BCUT2D eigenvalue weighted by Gasteiger charge is -2.24. The fourth-order valence-corrected chi connectivity index (χ4v) is 4.22. The normalized spacial score (nSPS) is 13.0. The van der Waals surface area contributed by atoms with Crippen LogP contribution >= 0.6 is 0 Å². The van der Waals surface area contributed by atoms with Crippen molar-refractivity contribution in [1.29, 1.82) is 0 Å². The van der Waals surface area contributed by atoms with Gasteiger partial charge in [0.1, 0.15) is 11.6 Å². The van der Waals surface area contributed by atoms with Gasteiger partial charge in [-0.1, -0.05) is 38.1 Å². The number of benzene rings is 2. The summed E-state index contributed by atoms with van der Waals surface area (Å²) in [7, 11) is 0. The second-order valence-electron chi connectivity index (χ2n) is 9.32. The minimum atomic E-state index is -0.967. The number of carbonyl (C=O) groups is 1. The monoisotopic (exact) mass is 481 g/mol. The molecule has 2 atom stereocenters. The first kappa shape index (κ1) is 26.4. The van der Waals surface area contributed by atoms with Gasteiger partial charge in [-0.2, -0.15) is 0 Å². The first-order valence-electron chi connectivity index (χ1n) is 11.8. The largest absolute Gasteiger partial charge is 0.390 e. The first-order chi connectivity index (χ1) is 16.7. The molecule has 2 unspecified atom stereocenters. The summed E-state index contributed by atoms with van der Waals surface area (Å²) in [4.78, 5) is 15.9. The number of nitrogens with zero attached hydrogens (tertiary/aromatic N) is 1. The van der Waals surface area contributed by atoms with E-state index < -0.39 is 23.8 Å². The average Bonchev–Trinajstić information content (AvgIpc) is 2.78. The number of pyridine rings is 1. The number of carbonyl (C=O) groups excluding carboxylic acids is 1. The predicted molar refractivity (Wildman–Crippen MR) is 134 cm³/mol. The quantitative estimate of drug-likeness (QED) is 0.379. The summed E-state index contributed by atoms with van der Waals surface area (Å²) in [6.07, 6.45) is 3.64. The summed E-state index contributed by atoms with van der Waals surface area (Å²) in [6, 6.07) is 12.8. The van der Waals surface area contributed by atoms with Crippen molar-refractivity contribution in [3.8, 4) is 11.1 Å². The van der Waals surface area contributed by atoms with Crippen LogP contribution in [0.5, 0.6) is 0 Å². The van der Waals surface area contributed by atoms with Gasteiger partial charge < -0.3 is 15.7 Å². The van der Waals surface area contributed by atoms with Gasteiger partial charge >= 0.3 is 0 Å². The highest BCUT2D eigenvalue weighted by molar-refractivity contribution is 5.73. The van der Waals surface area contributed by atoms with Gasteiger partial charge in [0.2, 0.25) is 5.91 Å². The van der Waals surface area contributed by atoms with E-state index in [9.17, 15) is 18.7 Å². The Morgan fingerprint density at radius 3 is 2.40 bits per heavy atom. The maximum Gasteiger partial charge on any atom is 0.217 e. The molecule has 2 aromatic carbocycles. The van der Waals surface area contributed by atoms with Crippen molar-refractivity contribution >= 4 is 5.91 Å². The molecule has 0 radical (unpaired) electrons. The fourth-order valence-electron chi connectivity index (χ4n) is 4.22. The fraction of sp³-hybridized carbons (Fsp3) is 0.357. The number of hydrogen-bond donors (Lipinski definition) is 3. The highest BCUT2D eigenvalue weighted by Crippen LogP contribution is 2.25. The maximum absolute atomic E-state index is 13.6. The highest BCUT2D eigenvalue weighted by Gasteiger charge is 2.21. The van der Waals surface area contributed by atoms with Crippen LogP contribution in [0.4, 0.5) is 8.78 Å². The van der Waals surface area contributed by atoms with E-state index >= 15 is 0 Å². The topological polar surface area (TPSA) is 74.2 Å². The van der Waals surface area contributed by atoms with Gasteiger partial charge in [-0.05, 0) is 59.2 Å². The molecule has 3 aromatic rings. The lowest BCUT2D eigenvalue weighted by molar-refractivity contribution is -0.120. The van der Waals surface area contributed by atoms with E-state index in [1.807, 2.05) is 18.3 Å². The van der Waals surface area contributed by atoms with Crippen LogP contribution in [0.2, 0.25) is 0 Å². The van der Waals surface area contributed by atoms with Gasteiger partial charge in [0.05, 0.1) is 12.1 Å². The zero-order valence-electron chi connectivity index (χ0n) is 20.4. The third-order valence-electron chi connectivity index (χ3n) is 5.69. The smallest absolute Gasteiger partial charge is 0.217 e. The molecule has 0 fully saturated rings. The van der Waals surface area contributed by atoms with Gasteiger partial charge in [-0.25, -0.2) is 8.78 Å². The molecule has 3 rings (SSSR count). The van der Waals surface area contributed by atoms with Gasteiger partial charge in [0.25, 0.3) is 0 Å². The minimum Gasteiger partial charge on any atom is -0.390 e. The predicted octanol–water partition coefficient (Wildman–Crippen LogP) is 4.42. The number of aliphatic hydroxyl groups is 1. The number of halogens is 2. The summed E-state index contributed by atoms with van der Waals surface area (Å²) in [5.74, 6) is -1.20. The maximum atomic E-state index is 13.6. The summed E-state index contributed by atoms with van der Waals surface area (Å²) in [6.45, 7) is 6.38. The molecule has 5 nitrogen and oxygen atoms in total. The Labute approximate surface area is 205 Å². The second-order valence-corrected chi connectivity index (χ2v) is 9.32. The first-order valence-corrected chi connectivity index (χ1v) is 11.8. The van der Waals surface area contributed by atoms with E-state index in [0.29, 0.717) is 18.0 Å². The third kappa shape index (κ3) is 8.23. The molecule has 1 aromatic heterocycles. The Hall–Kier alpha value is -3.16. The number of amides is 1. The van der Waals surface area contributed by atoms with Crippen LogP contribution < -0.4 is 10.6 Å². The molecule has 0 aliphatic carbocycles. The van der Waals surface area contributed by atoms with E-state index in [1.165, 1.54) is 24.6 Å². The molecule has 7 heteroatoms. The molecule has 0 aliphatic rings. The summed E-state index contributed by atoms with van der Waals surface area (Å²) in [5, 5.41) is 16.8. The summed E-state index contributed by atoms with van der Waals surface area (Å²) < 4.78 is 27.2. The molecule has 1 heterocycles. The number of aliphatic hydroxyl groups excluding tert-OH is 1. The zero-order valence-corrected chi connectivity index (χ0v) is 20.4. The van der Waals surface area contributed by atoms with E-state index in [1.54, 1.807) is 6.20 Å². The van der Waals surface area contributed by atoms with Crippen molar-refractivity contribution in [2.75, 3.05) is 6.54 Å². The van der Waals surface area contributed by atoms with Crippen molar-refractivity contribution in [2.24, 2.45) is 5.92 Å².